The third kappa shape index (κ3) is 2.62. The number of fused-ring (bicyclic) bond motifs is 1. The average Bonchev–Trinajstić information content (AvgIpc) is 2.41. The Hall–Kier alpha value is -1.64. The minimum Gasteiger partial charge on any atom is -0.323 e. The number of nitrogens with one attached hydrogen (secondary N) is 2. The van der Waals surface area contributed by atoms with Gasteiger partial charge in [-0.3, -0.25) is 5.43 Å². The Morgan fingerprint density at radius 2 is 1.90 bits per heavy atom. The van der Waals surface area contributed by atoms with E-state index in [0.717, 1.165) is 26.2 Å². The highest BCUT2D eigenvalue weighted by Gasteiger charge is 2.25. The molecule has 108 valence electrons. The van der Waals surface area contributed by atoms with E-state index < -0.39 is 10.0 Å². The fraction of sp³-hybridized carbons (Fsp3) is 0.417. The Labute approximate surface area is 118 Å². The van der Waals surface area contributed by atoms with Gasteiger partial charge in [-0.05, 0) is 19.2 Å². The second-order valence-electron chi connectivity index (χ2n) is 4.94. The molecular formula is C12H17N5O2S. The van der Waals surface area contributed by atoms with Gasteiger partial charge in [0.15, 0.2) is 0 Å². The van der Waals surface area contributed by atoms with E-state index in [2.05, 4.69) is 27.1 Å². The molecule has 1 aromatic rings. The number of piperazine rings is 1. The Balaban J connectivity index is 1.78. The molecule has 0 spiro atoms. The van der Waals surface area contributed by atoms with Gasteiger partial charge in [-0.15, -0.1) is 4.40 Å². The third-order valence-corrected chi connectivity index (χ3v) is 4.73. The summed E-state index contributed by atoms with van der Waals surface area (Å²) in [6.07, 6.45) is 0. The molecule has 2 aliphatic heterocycles. The molecule has 0 saturated carbocycles. The van der Waals surface area contributed by atoms with Crippen molar-refractivity contribution in [3.8, 4) is 0 Å². The van der Waals surface area contributed by atoms with E-state index in [4.69, 9.17) is 0 Å². The van der Waals surface area contributed by atoms with Crippen LogP contribution < -0.4 is 10.7 Å². The fourth-order valence-corrected chi connectivity index (χ4v) is 3.30. The molecule has 2 heterocycles. The molecule has 0 radical (unpaired) electrons. The van der Waals surface area contributed by atoms with Crippen LogP contribution in [0.25, 0.3) is 0 Å². The lowest BCUT2D eigenvalue weighted by Crippen LogP contribution is -2.54. The molecule has 0 aliphatic carbocycles. The minimum atomic E-state index is -3.63. The van der Waals surface area contributed by atoms with Crippen LogP contribution in [-0.2, 0) is 10.0 Å². The third-order valence-electron chi connectivity index (χ3n) is 3.40. The normalized spacial score (nSPS) is 22.6. The number of likely N-dealkylation sites (N-methyl/N-ethyl adjacent to an activating group) is 1. The van der Waals surface area contributed by atoms with E-state index in [9.17, 15) is 8.42 Å². The number of hydrazine groups is 1. The number of hydrogen-bond donors (Lipinski definition) is 2. The van der Waals surface area contributed by atoms with Crippen molar-refractivity contribution in [3.05, 3.63) is 24.3 Å². The van der Waals surface area contributed by atoms with Gasteiger partial charge in [0.1, 0.15) is 4.90 Å². The van der Waals surface area contributed by atoms with Gasteiger partial charge in [0, 0.05) is 26.2 Å². The van der Waals surface area contributed by atoms with Crippen molar-refractivity contribution in [3.63, 3.8) is 0 Å². The topological polar surface area (TPSA) is 77.0 Å². The van der Waals surface area contributed by atoms with E-state index in [1.165, 1.54) is 0 Å². The van der Waals surface area contributed by atoms with E-state index >= 15 is 0 Å². The number of guanidine groups is 1. The average molecular weight is 295 g/mol. The predicted octanol–water partition coefficient (Wildman–Crippen LogP) is -0.0912. The molecule has 0 unspecified atom stereocenters. The van der Waals surface area contributed by atoms with E-state index in [1.54, 1.807) is 24.3 Å². The van der Waals surface area contributed by atoms with Crippen LogP contribution in [0.15, 0.2) is 33.6 Å². The van der Waals surface area contributed by atoms with Crippen molar-refractivity contribution in [2.24, 2.45) is 4.40 Å². The molecule has 1 fully saturated rings. The summed E-state index contributed by atoms with van der Waals surface area (Å²) in [6, 6.07) is 6.76. The van der Waals surface area contributed by atoms with E-state index in [-0.39, 0.29) is 10.9 Å². The molecule has 0 amide bonds. The van der Waals surface area contributed by atoms with Crippen molar-refractivity contribution in [2.45, 2.75) is 4.90 Å². The lowest BCUT2D eigenvalue weighted by molar-refractivity contribution is 0.131. The number of nitrogens with zero attached hydrogens (tertiary/aromatic N) is 3. The summed E-state index contributed by atoms with van der Waals surface area (Å²) >= 11 is 0. The van der Waals surface area contributed by atoms with Gasteiger partial charge < -0.3 is 10.2 Å². The summed E-state index contributed by atoms with van der Waals surface area (Å²) in [5, 5.41) is 4.98. The van der Waals surface area contributed by atoms with Gasteiger partial charge in [0.05, 0.1) is 5.69 Å². The Morgan fingerprint density at radius 1 is 1.20 bits per heavy atom. The first-order valence-electron chi connectivity index (χ1n) is 6.46. The highest BCUT2D eigenvalue weighted by molar-refractivity contribution is 7.90. The maximum Gasteiger partial charge on any atom is 0.287 e. The maximum atomic E-state index is 12.1. The van der Waals surface area contributed by atoms with Crippen molar-refractivity contribution >= 4 is 21.7 Å². The molecule has 8 heteroatoms. The standard InChI is InChI=1S/C12H17N5O2S/c1-16-6-8-17(9-7-16)14-12-13-10-4-2-3-5-11(10)20(18,19)15-12/h2-5H,6-9H2,1H3,(H2,13,14,15). The van der Waals surface area contributed by atoms with Crippen LogP contribution >= 0.6 is 0 Å². The van der Waals surface area contributed by atoms with Gasteiger partial charge in [-0.1, -0.05) is 12.1 Å². The summed E-state index contributed by atoms with van der Waals surface area (Å²) in [5.41, 5.74) is 3.60. The molecule has 0 bridgehead atoms. The second-order valence-corrected chi connectivity index (χ2v) is 6.51. The number of anilines is 1. The van der Waals surface area contributed by atoms with Gasteiger partial charge in [-0.25, -0.2) is 5.01 Å². The highest BCUT2D eigenvalue weighted by atomic mass is 32.2. The molecule has 1 aromatic carbocycles. The number of sulfonamides is 1. The van der Waals surface area contributed by atoms with E-state index in [0.29, 0.717) is 5.69 Å². The maximum absolute atomic E-state index is 12.1. The van der Waals surface area contributed by atoms with Gasteiger partial charge >= 0.3 is 0 Å². The summed E-state index contributed by atoms with van der Waals surface area (Å²) in [5.74, 6) is 0.258. The summed E-state index contributed by atoms with van der Waals surface area (Å²) in [6.45, 7) is 3.50. The summed E-state index contributed by atoms with van der Waals surface area (Å²) < 4.78 is 27.9. The molecule has 20 heavy (non-hydrogen) atoms. The van der Waals surface area contributed by atoms with Crippen LogP contribution in [0, 0.1) is 0 Å². The van der Waals surface area contributed by atoms with Crippen LogP contribution in [-0.4, -0.2) is 57.5 Å². The Bertz CT molecular complexity index is 635. The summed E-state index contributed by atoms with van der Waals surface area (Å²) in [7, 11) is -1.56. The molecule has 0 aromatic heterocycles. The van der Waals surface area contributed by atoms with E-state index in [1.807, 2.05) is 5.01 Å². The van der Waals surface area contributed by atoms with Crippen LogP contribution in [0.2, 0.25) is 0 Å². The van der Waals surface area contributed by atoms with Crippen molar-refractivity contribution < 1.29 is 8.42 Å². The molecule has 1 saturated heterocycles. The Morgan fingerprint density at radius 3 is 2.65 bits per heavy atom. The molecule has 0 atom stereocenters. The predicted molar refractivity (Wildman–Crippen MR) is 76.9 cm³/mol. The monoisotopic (exact) mass is 295 g/mol. The number of hydrogen-bond acceptors (Lipinski definition) is 6. The number of rotatable bonds is 1. The lowest BCUT2D eigenvalue weighted by atomic mass is 10.3. The zero-order valence-corrected chi connectivity index (χ0v) is 12.0. The van der Waals surface area contributed by atoms with Crippen molar-refractivity contribution in [1.82, 2.24) is 15.3 Å². The van der Waals surface area contributed by atoms with Gasteiger partial charge in [0.25, 0.3) is 10.0 Å². The molecular weight excluding hydrogens is 278 g/mol. The lowest BCUT2D eigenvalue weighted by Gasteiger charge is -2.33. The first kappa shape index (κ1) is 13.3. The minimum absolute atomic E-state index is 0.212. The highest BCUT2D eigenvalue weighted by Crippen LogP contribution is 2.25. The second kappa shape index (κ2) is 5.04. The number of para-hydroxylation sites is 1. The largest absolute Gasteiger partial charge is 0.323 e. The van der Waals surface area contributed by atoms with Crippen LogP contribution in [0.5, 0.6) is 0 Å². The Kier molecular flexibility index (Phi) is 3.36. The molecule has 3 rings (SSSR count). The molecule has 7 nitrogen and oxygen atoms in total. The zero-order chi connectivity index (χ0) is 14.2. The van der Waals surface area contributed by atoms with Gasteiger partial charge in [-0.2, -0.15) is 8.42 Å². The van der Waals surface area contributed by atoms with Gasteiger partial charge in [0.2, 0.25) is 5.96 Å². The zero-order valence-electron chi connectivity index (χ0n) is 11.2. The van der Waals surface area contributed by atoms with Crippen LogP contribution in [0.1, 0.15) is 0 Å². The van der Waals surface area contributed by atoms with Crippen molar-refractivity contribution in [1.29, 1.82) is 0 Å². The summed E-state index contributed by atoms with van der Waals surface area (Å²) in [4.78, 5) is 2.43. The van der Waals surface area contributed by atoms with Crippen molar-refractivity contribution in [2.75, 3.05) is 38.5 Å². The van der Waals surface area contributed by atoms with Crippen LogP contribution in [0.3, 0.4) is 0 Å². The SMILES string of the molecule is CN1CCN(NC2=NS(=O)(=O)c3ccccc3N2)CC1. The van der Waals surface area contributed by atoms with Crippen LogP contribution in [0.4, 0.5) is 5.69 Å². The quantitative estimate of drug-likeness (QED) is 0.754. The smallest absolute Gasteiger partial charge is 0.287 e. The number of benzene rings is 1. The molecule has 2 aliphatic rings. The first-order valence-corrected chi connectivity index (χ1v) is 7.90. The first-order chi connectivity index (χ1) is 9.54. The molecule has 2 N–H and O–H groups in total. The fourth-order valence-electron chi connectivity index (χ4n) is 2.23.